The number of hydrogen-bond donors (Lipinski definition) is 1. The Kier molecular flexibility index (Phi) is 2.96. The Morgan fingerprint density at radius 2 is 1.88 bits per heavy atom. The fourth-order valence-electron chi connectivity index (χ4n) is 2.01. The van der Waals surface area contributed by atoms with E-state index in [2.05, 4.69) is 0 Å². The summed E-state index contributed by atoms with van der Waals surface area (Å²) in [5.74, 6) is 0. The molecule has 0 aliphatic carbocycles. The maximum atomic E-state index is 6.24. The van der Waals surface area contributed by atoms with Gasteiger partial charge in [0.1, 0.15) is 0 Å². The zero-order valence-corrected chi connectivity index (χ0v) is 10.9. The summed E-state index contributed by atoms with van der Waals surface area (Å²) in [6, 6.07) is 5.68. The molecule has 0 amide bonds. The van der Waals surface area contributed by atoms with E-state index in [4.69, 9.17) is 33.7 Å². The molecule has 1 saturated heterocycles. The van der Waals surface area contributed by atoms with Gasteiger partial charge in [0.15, 0.2) is 0 Å². The lowest BCUT2D eigenvalue weighted by molar-refractivity contribution is -0.0918. The first-order chi connectivity index (χ1) is 7.37. The molecule has 16 heavy (non-hydrogen) atoms. The van der Waals surface area contributed by atoms with Crippen molar-refractivity contribution in [2.24, 2.45) is 5.73 Å². The van der Waals surface area contributed by atoms with Crippen LogP contribution in [0.15, 0.2) is 18.2 Å². The number of ether oxygens (including phenoxy) is 1. The molecule has 0 saturated carbocycles. The van der Waals surface area contributed by atoms with E-state index in [1.807, 2.05) is 32.0 Å². The van der Waals surface area contributed by atoms with Crippen LogP contribution in [0.1, 0.15) is 19.4 Å². The molecule has 1 heterocycles. The monoisotopic (exact) mass is 259 g/mol. The molecule has 0 bridgehead atoms. The molecule has 0 unspecified atom stereocenters. The van der Waals surface area contributed by atoms with Crippen molar-refractivity contribution < 1.29 is 4.74 Å². The van der Waals surface area contributed by atoms with Crippen LogP contribution in [-0.2, 0) is 10.2 Å². The van der Waals surface area contributed by atoms with Gasteiger partial charge in [0, 0.05) is 5.54 Å². The van der Waals surface area contributed by atoms with Crippen LogP contribution in [0.4, 0.5) is 0 Å². The highest BCUT2D eigenvalue weighted by molar-refractivity contribution is 6.42. The Morgan fingerprint density at radius 1 is 1.25 bits per heavy atom. The van der Waals surface area contributed by atoms with Crippen LogP contribution in [0.2, 0.25) is 10.0 Å². The van der Waals surface area contributed by atoms with Crippen LogP contribution >= 0.6 is 23.2 Å². The number of rotatable bonds is 2. The minimum atomic E-state index is -0.345. The SMILES string of the molecule is CC(C)(N)C1(c2ccc(Cl)c(Cl)c2)COC1. The second kappa shape index (κ2) is 3.88. The summed E-state index contributed by atoms with van der Waals surface area (Å²) in [6.45, 7) is 5.29. The topological polar surface area (TPSA) is 35.2 Å². The van der Waals surface area contributed by atoms with Crippen LogP contribution < -0.4 is 5.73 Å². The Labute approximate surface area is 106 Å². The molecule has 2 rings (SSSR count). The minimum Gasteiger partial charge on any atom is -0.379 e. The van der Waals surface area contributed by atoms with Gasteiger partial charge in [0.25, 0.3) is 0 Å². The maximum absolute atomic E-state index is 6.24. The predicted molar refractivity (Wildman–Crippen MR) is 67.2 cm³/mol. The van der Waals surface area contributed by atoms with Gasteiger partial charge in [-0.3, -0.25) is 0 Å². The van der Waals surface area contributed by atoms with E-state index in [1.165, 1.54) is 0 Å². The number of hydrogen-bond acceptors (Lipinski definition) is 2. The lowest BCUT2D eigenvalue weighted by Crippen LogP contribution is -2.64. The van der Waals surface area contributed by atoms with Crippen molar-refractivity contribution in [1.82, 2.24) is 0 Å². The third kappa shape index (κ3) is 1.74. The molecule has 2 nitrogen and oxygen atoms in total. The van der Waals surface area contributed by atoms with E-state index < -0.39 is 0 Å². The van der Waals surface area contributed by atoms with Crippen molar-refractivity contribution in [2.75, 3.05) is 13.2 Å². The van der Waals surface area contributed by atoms with Gasteiger partial charge in [-0.2, -0.15) is 0 Å². The Morgan fingerprint density at radius 3 is 2.25 bits per heavy atom. The van der Waals surface area contributed by atoms with Crippen molar-refractivity contribution in [3.8, 4) is 0 Å². The first-order valence-corrected chi connectivity index (χ1v) is 5.95. The molecule has 0 aromatic heterocycles. The molecule has 1 aliphatic rings. The standard InChI is InChI=1S/C12H15Cl2NO/c1-11(2,15)12(6-16-7-12)8-3-4-9(13)10(14)5-8/h3-5H,6-7,15H2,1-2H3. The van der Waals surface area contributed by atoms with Gasteiger partial charge in [-0.15, -0.1) is 0 Å². The molecule has 0 atom stereocenters. The molecular weight excluding hydrogens is 245 g/mol. The summed E-state index contributed by atoms with van der Waals surface area (Å²) < 4.78 is 5.33. The van der Waals surface area contributed by atoms with Gasteiger partial charge in [-0.05, 0) is 31.5 Å². The van der Waals surface area contributed by atoms with Gasteiger partial charge < -0.3 is 10.5 Å². The fraction of sp³-hybridized carbons (Fsp3) is 0.500. The van der Waals surface area contributed by atoms with Crippen molar-refractivity contribution in [3.05, 3.63) is 33.8 Å². The summed E-state index contributed by atoms with van der Waals surface area (Å²) in [7, 11) is 0. The van der Waals surface area contributed by atoms with E-state index in [-0.39, 0.29) is 11.0 Å². The molecule has 0 spiro atoms. The third-order valence-electron chi connectivity index (χ3n) is 3.40. The minimum absolute atomic E-state index is 0.152. The molecule has 1 fully saturated rings. The highest BCUT2D eigenvalue weighted by atomic mass is 35.5. The zero-order valence-electron chi connectivity index (χ0n) is 9.39. The van der Waals surface area contributed by atoms with Crippen LogP contribution in [-0.4, -0.2) is 18.8 Å². The summed E-state index contributed by atoms with van der Waals surface area (Å²) in [4.78, 5) is 0. The van der Waals surface area contributed by atoms with Gasteiger partial charge >= 0.3 is 0 Å². The summed E-state index contributed by atoms with van der Waals surface area (Å²) in [5.41, 5.74) is 6.84. The van der Waals surface area contributed by atoms with Gasteiger partial charge in [-0.1, -0.05) is 29.3 Å². The van der Waals surface area contributed by atoms with E-state index in [0.29, 0.717) is 23.3 Å². The molecule has 1 aliphatic heterocycles. The van der Waals surface area contributed by atoms with Crippen molar-refractivity contribution in [2.45, 2.75) is 24.8 Å². The van der Waals surface area contributed by atoms with Crippen molar-refractivity contribution in [3.63, 3.8) is 0 Å². The second-order valence-electron chi connectivity index (χ2n) is 4.93. The average Bonchev–Trinajstić information content (AvgIpc) is 2.06. The molecule has 2 N–H and O–H groups in total. The average molecular weight is 260 g/mol. The summed E-state index contributed by atoms with van der Waals surface area (Å²) in [6.07, 6.45) is 0. The van der Waals surface area contributed by atoms with Crippen LogP contribution in [0, 0.1) is 0 Å². The van der Waals surface area contributed by atoms with E-state index in [9.17, 15) is 0 Å². The lowest BCUT2D eigenvalue weighted by Gasteiger charge is -2.51. The van der Waals surface area contributed by atoms with Gasteiger partial charge in [-0.25, -0.2) is 0 Å². The predicted octanol–water partition coefficient (Wildman–Crippen LogP) is 3.00. The van der Waals surface area contributed by atoms with E-state index >= 15 is 0 Å². The quantitative estimate of drug-likeness (QED) is 0.887. The number of nitrogens with two attached hydrogens (primary N) is 1. The van der Waals surface area contributed by atoms with Crippen LogP contribution in [0.5, 0.6) is 0 Å². The lowest BCUT2D eigenvalue weighted by atomic mass is 9.66. The Hall–Kier alpha value is -0.280. The molecule has 0 radical (unpaired) electrons. The number of halogens is 2. The normalized spacial score (nSPS) is 19.3. The highest BCUT2D eigenvalue weighted by Gasteiger charge is 2.50. The van der Waals surface area contributed by atoms with Crippen molar-refractivity contribution >= 4 is 23.2 Å². The Bertz CT molecular complexity index is 408. The third-order valence-corrected chi connectivity index (χ3v) is 4.14. The summed E-state index contributed by atoms with van der Waals surface area (Å²) >= 11 is 11.9. The van der Waals surface area contributed by atoms with Crippen LogP contribution in [0.25, 0.3) is 0 Å². The highest BCUT2D eigenvalue weighted by Crippen LogP contribution is 2.42. The number of benzene rings is 1. The smallest absolute Gasteiger partial charge is 0.0603 e. The first-order valence-electron chi connectivity index (χ1n) is 5.19. The Balaban J connectivity index is 2.45. The maximum Gasteiger partial charge on any atom is 0.0603 e. The second-order valence-corrected chi connectivity index (χ2v) is 5.74. The van der Waals surface area contributed by atoms with Gasteiger partial charge in [0.05, 0.1) is 28.7 Å². The molecule has 1 aromatic rings. The van der Waals surface area contributed by atoms with Gasteiger partial charge in [0.2, 0.25) is 0 Å². The largest absolute Gasteiger partial charge is 0.379 e. The molecule has 1 aromatic carbocycles. The first kappa shape index (κ1) is 12.2. The summed E-state index contributed by atoms with van der Waals surface area (Å²) in [5, 5.41) is 1.13. The zero-order chi connectivity index (χ0) is 12.0. The molecule has 4 heteroatoms. The fourth-order valence-corrected chi connectivity index (χ4v) is 2.31. The van der Waals surface area contributed by atoms with E-state index in [1.54, 1.807) is 0 Å². The van der Waals surface area contributed by atoms with Crippen molar-refractivity contribution in [1.29, 1.82) is 0 Å². The van der Waals surface area contributed by atoms with E-state index in [0.717, 1.165) is 5.56 Å². The molecule has 88 valence electrons. The molecular formula is C12H15Cl2NO. The van der Waals surface area contributed by atoms with Crippen LogP contribution in [0.3, 0.4) is 0 Å².